The monoisotopic (exact) mass is 236 g/mol. The highest BCUT2D eigenvalue weighted by Crippen LogP contribution is 2.07. The van der Waals surface area contributed by atoms with Crippen LogP contribution in [0.25, 0.3) is 0 Å². The lowest BCUT2D eigenvalue weighted by atomic mass is 10.2. The summed E-state index contributed by atoms with van der Waals surface area (Å²) in [6.07, 6.45) is 2.33. The zero-order chi connectivity index (χ0) is 12.1. The van der Waals surface area contributed by atoms with Gasteiger partial charge in [-0.3, -0.25) is 9.69 Å². The molecular formula is C13H17FN2O. The van der Waals surface area contributed by atoms with E-state index in [1.54, 1.807) is 18.2 Å². The summed E-state index contributed by atoms with van der Waals surface area (Å²) >= 11 is 0. The first-order valence-corrected chi connectivity index (χ1v) is 5.98. The number of benzene rings is 1. The van der Waals surface area contributed by atoms with Crippen molar-refractivity contribution in [3.8, 4) is 0 Å². The fourth-order valence-corrected chi connectivity index (χ4v) is 2.04. The van der Waals surface area contributed by atoms with E-state index in [-0.39, 0.29) is 18.3 Å². The maximum absolute atomic E-state index is 13.3. The van der Waals surface area contributed by atoms with Crippen molar-refractivity contribution in [2.24, 2.45) is 0 Å². The van der Waals surface area contributed by atoms with E-state index in [4.69, 9.17) is 0 Å². The molecule has 0 aliphatic carbocycles. The Balaban J connectivity index is 1.77. The third-order valence-electron chi connectivity index (χ3n) is 3.00. The van der Waals surface area contributed by atoms with Crippen LogP contribution >= 0.6 is 0 Å². The van der Waals surface area contributed by atoms with Gasteiger partial charge in [0.2, 0.25) is 5.91 Å². The lowest BCUT2D eigenvalue weighted by molar-refractivity contribution is -0.122. The van der Waals surface area contributed by atoms with Crippen LogP contribution < -0.4 is 5.32 Å². The summed E-state index contributed by atoms with van der Waals surface area (Å²) in [5, 5.41) is 2.75. The van der Waals surface area contributed by atoms with E-state index < -0.39 is 0 Å². The van der Waals surface area contributed by atoms with Gasteiger partial charge in [0.1, 0.15) is 5.82 Å². The summed E-state index contributed by atoms with van der Waals surface area (Å²) in [5.41, 5.74) is 0.530. The molecule has 1 aliphatic heterocycles. The third kappa shape index (κ3) is 3.53. The molecule has 0 saturated carbocycles. The smallest absolute Gasteiger partial charge is 0.234 e. The van der Waals surface area contributed by atoms with Crippen LogP contribution in [-0.4, -0.2) is 30.4 Å². The number of halogens is 1. The second kappa shape index (κ2) is 5.77. The van der Waals surface area contributed by atoms with Crippen molar-refractivity contribution in [3.63, 3.8) is 0 Å². The third-order valence-corrected chi connectivity index (χ3v) is 3.00. The van der Waals surface area contributed by atoms with Crippen LogP contribution in [0.3, 0.4) is 0 Å². The Kier molecular flexibility index (Phi) is 4.09. The van der Waals surface area contributed by atoms with E-state index >= 15 is 0 Å². The molecule has 0 unspecified atom stereocenters. The highest BCUT2D eigenvalue weighted by molar-refractivity contribution is 5.78. The lowest BCUT2D eigenvalue weighted by Gasteiger charge is -2.14. The molecular weight excluding hydrogens is 219 g/mol. The van der Waals surface area contributed by atoms with Crippen LogP contribution in [0.1, 0.15) is 18.4 Å². The average molecular weight is 236 g/mol. The van der Waals surface area contributed by atoms with Crippen LogP contribution in [0.15, 0.2) is 24.3 Å². The minimum Gasteiger partial charge on any atom is -0.351 e. The molecule has 0 bridgehead atoms. The minimum absolute atomic E-state index is 0.0323. The molecule has 4 heteroatoms. The normalized spacial score (nSPS) is 16.1. The molecule has 92 valence electrons. The summed E-state index contributed by atoms with van der Waals surface area (Å²) in [7, 11) is 0. The van der Waals surface area contributed by atoms with Gasteiger partial charge in [0.15, 0.2) is 0 Å². The van der Waals surface area contributed by atoms with E-state index in [2.05, 4.69) is 10.2 Å². The molecule has 17 heavy (non-hydrogen) atoms. The Morgan fingerprint density at radius 3 is 2.71 bits per heavy atom. The Bertz CT molecular complexity index is 389. The Labute approximate surface area is 101 Å². The molecule has 1 heterocycles. The van der Waals surface area contributed by atoms with E-state index in [1.807, 2.05) is 0 Å². The molecule has 1 aromatic rings. The highest BCUT2D eigenvalue weighted by atomic mass is 19.1. The average Bonchev–Trinajstić information content (AvgIpc) is 2.81. The van der Waals surface area contributed by atoms with Crippen LogP contribution in [-0.2, 0) is 11.3 Å². The predicted octanol–water partition coefficient (Wildman–Crippen LogP) is 1.54. The standard InChI is InChI=1S/C13H17FN2O/c14-12-6-2-1-5-11(12)9-15-13(17)10-16-7-3-4-8-16/h1-2,5-6H,3-4,7-10H2,(H,15,17). The molecule has 1 aromatic carbocycles. The van der Waals surface area contributed by atoms with Gasteiger partial charge in [-0.25, -0.2) is 4.39 Å². The van der Waals surface area contributed by atoms with Crippen molar-refractivity contribution >= 4 is 5.91 Å². The zero-order valence-corrected chi connectivity index (χ0v) is 9.79. The largest absolute Gasteiger partial charge is 0.351 e. The molecule has 0 aromatic heterocycles. The van der Waals surface area contributed by atoms with Crippen LogP contribution in [0.2, 0.25) is 0 Å². The van der Waals surface area contributed by atoms with Gasteiger partial charge >= 0.3 is 0 Å². The molecule has 1 saturated heterocycles. The van der Waals surface area contributed by atoms with Crippen molar-refractivity contribution in [3.05, 3.63) is 35.6 Å². The number of nitrogens with zero attached hydrogens (tertiary/aromatic N) is 1. The molecule has 1 aliphatic rings. The van der Waals surface area contributed by atoms with Gasteiger partial charge in [-0.2, -0.15) is 0 Å². The molecule has 1 amide bonds. The number of hydrogen-bond donors (Lipinski definition) is 1. The topological polar surface area (TPSA) is 32.3 Å². The minimum atomic E-state index is -0.269. The summed E-state index contributed by atoms with van der Waals surface area (Å²) < 4.78 is 13.3. The van der Waals surface area contributed by atoms with E-state index in [9.17, 15) is 9.18 Å². The first kappa shape index (κ1) is 12.0. The van der Waals surface area contributed by atoms with Gasteiger partial charge < -0.3 is 5.32 Å². The van der Waals surface area contributed by atoms with Crippen molar-refractivity contribution in [2.75, 3.05) is 19.6 Å². The number of amides is 1. The number of carbonyl (C=O) groups excluding carboxylic acids is 1. The summed E-state index contributed by atoms with van der Waals surface area (Å²) in [6, 6.07) is 6.50. The second-order valence-electron chi connectivity index (χ2n) is 4.35. The molecule has 1 N–H and O–H groups in total. The van der Waals surface area contributed by atoms with Crippen LogP contribution in [0.4, 0.5) is 4.39 Å². The van der Waals surface area contributed by atoms with Crippen LogP contribution in [0, 0.1) is 5.82 Å². The molecule has 2 rings (SSSR count). The van der Waals surface area contributed by atoms with E-state index in [1.165, 1.54) is 18.9 Å². The van der Waals surface area contributed by atoms with E-state index in [0.29, 0.717) is 12.1 Å². The maximum atomic E-state index is 13.3. The first-order chi connectivity index (χ1) is 8.25. The van der Waals surface area contributed by atoms with Crippen LogP contribution in [0.5, 0.6) is 0 Å². The number of likely N-dealkylation sites (tertiary alicyclic amines) is 1. The number of carbonyl (C=O) groups is 1. The molecule has 1 fully saturated rings. The SMILES string of the molecule is O=C(CN1CCCC1)NCc1ccccc1F. The second-order valence-corrected chi connectivity index (χ2v) is 4.35. The highest BCUT2D eigenvalue weighted by Gasteiger charge is 2.14. The first-order valence-electron chi connectivity index (χ1n) is 5.98. The number of rotatable bonds is 4. The predicted molar refractivity (Wildman–Crippen MR) is 63.9 cm³/mol. The van der Waals surface area contributed by atoms with Gasteiger partial charge in [-0.15, -0.1) is 0 Å². The fourth-order valence-electron chi connectivity index (χ4n) is 2.04. The van der Waals surface area contributed by atoms with E-state index in [0.717, 1.165) is 13.1 Å². The lowest BCUT2D eigenvalue weighted by Crippen LogP contribution is -2.35. The quantitative estimate of drug-likeness (QED) is 0.860. The van der Waals surface area contributed by atoms with Crippen molar-refractivity contribution in [1.82, 2.24) is 10.2 Å². The summed E-state index contributed by atoms with van der Waals surface area (Å²) in [6.45, 7) is 2.67. The number of nitrogens with one attached hydrogen (secondary N) is 1. The van der Waals surface area contributed by atoms with Crippen molar-refractivity contribution < 1.29 is 9.18 Å². The molecule has 0 atom stereocenters. The Hall–Kier alpha value is -1.42. The van der Waals surface area contributed by atoms with Crippen molar-refractivity contribution in [1.29, 1.82) is 0 Å². The zero-order valence-electron chi connectivity index (χ0n) is 9.79. The summed E-state index contributed by atoms with van der Waals surface area (Å²) in [4.78, 5) is 13.7. The fraction of sp³-hybridized carbons (Fsp3) is 0.462. The Morgan fingerprint density at radius 2 is 2.00 bits per heavy atom. The summed E-state index contributed by atoms with van der Waals surface area (Å²) in [5.74, 6) is -0.302. The molecule has 0 radical (unpaired) electrons. The van der Waals surface area contributed by atoms with Gasteiger partial charge in [-0.1, -0.05) is 18.2 Å². The van der Waals surface area contributed by atoms with Crippen molar-refractivity contribution in [2.45, 2.75) is 19.4 Å². The van der Waals surface area contributed by atoms with Gasteiger partial charge in [0.25, 0.3) is 0 Å². The number of hydrogen-bond acceptors (Lipinski definition) is 2. The maximum Gasteiger partial charge on any atom is 0.234 e. The van der Waals surface area contributed by atoms with Gasteiger partial charge in [0.05, 0.1) is 6.54 Å². The molecule has 0 spiro atoms. The van der Waals surface area contributed by atoms with Gasteiger partial charge in [-0.05, 0) is 32.0 Å². The van der Waals surface area contributed by atoms with Gasteiger partial charge in [0, 0.05) is 12.1 Å². The Morgan fingerprint density at radius 1 is 1.29 bits per heavy atom. The molecule has 3 nitrogen and oxygen atoms in total.